The van der Waals surface area contributed by atoms with Gasteiger partial charge in [0.2, 0.25) is 0 Å². The SMILES string of the molecule is Cc1cc(NC(=O)[C@H](C)OC(=O)C(c2ccccc2)c2ccccc2)no1. The van der Waals surface area contributed by atoms with E-state index in [4.69, 9.17) is 9.26 Å². The zero-order chi connectivity index (χ0) is 19.2. The van der Waals surface area contributed by atoms with E-state index in [1.54, 1.807) is 13.0 Å². The van der Waals surface area contributed by atoms with E-state index in [0.29, 0.717) is 5.76 Å². The average Bonchev–Trinajstić information content (AvgIpc) is 3.08. The van der Waals surface area contributed by atoms with Crippen LogP contribution in [0.3, 0.4) is 0 Å². The highest BCUT2D eigenvalue weighted by Crippen LogP contribution is 2.26. The number of rotatable bonds is 6. The van der Waals surface area contributed by atoms with Crippen LogP contribution in [0, 0.1) is 6.92 Å². The summed E-state index contributed by atoms with van der Waals surface area (Å²) >= 11 is 0. The van der Waals surface area contributed by atoms with E-state index in [0.717, 1.165) is 11.1 Å². The van der Waals surface area contributed by atoms with Crippen molar-refractivity contribution < 1.29 is 18.8 Å². The molecule has 0 aliphatic heterocycles. The van der Waals surface area contributed by atoms with Crippen molar-refractivity contribution in [1.82, 2.24) is 5.16 Å². The van der Waals surface area contributed by atoms with E-state index in [9.17, 15) is 9.59 Å². The number of carbonyl (C=O) groups excluding carboxylic acids is 2. The summed E-state index contributed by atoms with van der Waals surface area (Å²) in [7, 11) is 0. The topological polar surface area (TPSA) is 81.4 Å². The summed E-state index contributed by atoms with van der Waals surface area (Å²) in [6, 6.07) is 20.3. The summed E-state index contributed by atoms with van der Waals surface area (Å²) in [5.41, 5.74) is 1.60. The van der Waals surface area contributed by atoms with E-state index in [2.05, 4.69) is 10.5 Å². The van der Waals surface area contributed by atoms with Crippen molar-refractivity contribution >= 4 is 17.7 Å². The first kappa shape index (κ1) is 18.4. The number of aryl methyl sites for hydroxylation is 1. The van der Waals surface area contributed by atoms with Gasteiger partial charge in [-0.15, -0.1) is 0 Å². The number of hydrogen-bond donors (Lipinski definition) is 1. The quantitative estimate of drug-likeness (QED) is 0.675. The number of hydrogen-bond acceptors (Lipinski definition) is 5. The van der Waals surface area contributed by atoms with Gasteiger partial charge >= 0.3 is 5.97 Å². The van der Waals surface area contributed by atoms with Crippen LogP contribution in [-0.2, 0) is 14.3 Å². The third-order valence-corrected chi connectivity index (χ3v) is 4.04. The average molecular weight is 364 g/mol. The molecule has 0 unspecified atom stereocenters. The summed E-state index contributed by atoms with van der Waals surface area (Å²) in [5.74, 6) is -0.730. The fourth-order valence-electron chi connectivity index (χ4n) is 2.70. The third-order valence-electron chi connectivity index (χ3n) is 4.04. The number of ether oxygens (including phenoxy) is 1. The van der Waals surface area contributed by atoms with Crippen LogP contribution in [0.25, 0.3) is 0 Å². The highest BCUT2D eigenvalue weighted by Gasteiger charge is 2.28. The second-order valence-electron chi connectivity index (χ2n) is 6.15. The van der Waals surface area contributed by atoms with E-state index in [-0.39, 0.29) is 5.82 Å². The van der Waals surface area contributed by atoms with Crippen molar-refractivity contribution in [1.29, 1.82) is 0 Å². The number of nitrogens with one attached hydrogen (secondary N) is 1. The molecule has 1 N–H and O–H groups in total. The van der Waals surface area contributed by atoms with Crippen LogP contribution in [0.15, 0.2) is 71.3 Å². The highest BCUT2D eigenvalue weighted by atomic mass is 16.5. The number of nitrogens with zero attached hydrogens (tertiary/aromatic N) is 1. The monoisotopic (exact) mass is 364 g/mol. The molecule has 1 amide bonds. The molecule has 138 valence electrons. The van der Waals surface area contributed by atoms with Gasteiger partial charge in [-0.2, -0.15) is 0 Å². The Morgan fingerprint density at radius 2 is 1.56 bits per heavy atom. The summed E-state index contributed by atoms with van der Waals surface area (Å²) in [5, 5.41) is 6.27. The van der Waals surface area contributed by atoms with Crippen molar-refractivity contribution in [2.45, 2.75) is 25.9 Å². The minimum atomic E-state index is -0.982. The van der Waals surface area contributed by atoms with E-state index >= 15 is 0 Å². The molecule has 0 spiro atoms. The molecule has 0 fully saturated rings. The minimum Gasteiger partial charge on any atom is -0.452 e. The Hall–Kier alpha value is -3.41. The summed E-state index contributed by atoms with van der Waals surface area (Å²) < 4.78 is 10.4. The predicted octanol–water partition coefficient (Wildman–Crippen LogP) is 3.69. The third kappa shape index (κ3) is 4.61. The molecular weight excluding hydrogens is 344 g/mol. The maximum Gasteiger partial charge on any atom is 0.318 e. The Morgan fingerprint density at radius 3 is 2.04 bits per heavy atom. The Bertz CT molecular complexity index is 867. The van der Waals surface area contributed by atoms with E-state index in [1.165, 1.54) is 6.92 Å². The van der Waals surface area contributed by atoms with Crippen LogP contribution in [0.4, 0.5) is 5.82 Å². The van der Waals surface area contributed by atoms with Crippen LogP contribution in [0.2, 0.25) is 0 Å². The van der Waals surface area contributed by atoms with Gasteiger partial charge in [-0.05, 0) is 25.0 Å². The Balaban J connectivity index is 1.75. The molecule has 3 aromatic rings. The summed E-state index contributed by atoms with van der Waals surface area (Å²) in [6.45, 7) is 3.24. The highest BCUT2D eigenvalue weighted by molar-refractivity contribution is 5.95. The van der Waals surface area contributed by atoms with Gasteiger partial charge in [-0.3, -0.25) is 9.59 Å². The first-order valence-corrected chi connectivity index (χ1v) is 8.59. The molecule has 1 heterocycles. The Morgan fingerprint density at radius 1 is 1.00 bits per heavy atom. The van der Waals surface area contributed by atoms with Gasteiger partial charge < -0.3 is 14.6 Å². The Kier molecular flexibility index (Phi) is 5.66. The molecule has 0 radical (unpaired) electrons. The number of aromatic nitrogens is 1. The number of anilines is 1. The summed E-state index contributed by atoms with van der Waals surface area (Å²) in [4.78, 5) is 25.2. The van der Waals surface area contributed by atoms with Crippen LogP contribution in [-0.4, -0.2) is 23.1 Å². The van der Waals surface area contributed by atoms with Gasteiger partial charge in [0, 0.05) is 6.07 Å². The molecule has 1 aromatic heterocycles. The lowest BCUT2D eigenvalue weighted by Crippen LogP contribution is -2.32. The molecule has 0 aliphatic rings. The molecule has 2 aromatic carbocycles. The molecule has 0 bridgehead atoms. The fraction of sp³-hybridized carbons (Fsp3) is 0.190. The first-order valence-electron chi connectivity index (χ1n) is 8.59. The number of carbonyl (C=O) groups is 2. The molecule has 0 saturated heterocycles. The van der Waals surface area contributed by atoms with Gasteiger partial charge in [-0.1, -0.05) is 65.8 Å². The maximum absolute atomic E-state index is 12.9. The second-order valence-corrected chi connectivity index (χ2v) is 6.15. The molecule has 27 heavy (non-hydrogen) atoms. The van der Waals surface area contributed by atoms with Crippen molar-refractivity contribution in [2.75, 3.05) is 5.32 Å². The van der Waals surface area contributed by atoms with E-state index in [1.807, 2.05) is 60.7 Å². The molecule has 6 nitrogen and oxygen atoms in total. The van der Waals surface area contributed by atoms with Crippen molar-refractivity contribution in [3.8, 4) is 0 Å². The van der Waals surface area contributed by atoms with Crippen molar-refractivity contribution in [2.24, 2.45) is 0 Å². The molecular formula is C21H20N2O4. The maximum atomic E-state index is 12.9. The fourth-order valence-corrected chi connectivity index (χ4v) is 2.70. The van der Waals surface area contributed by atoms with Crippen LogP contribution in [0.1, 0.15) is 29.7 Å². The lowest BCUT2D eigenvalue weighted by atomic mass is 9.91. The van der Waals surface area contributed by atoms with Gasteiger partial charge in [0.25, 0.3) is 5.91 Å². The smallest absolute Gasteiger partial charge is 0.318 e. The molecule has 0 saturated carbocycles. The van der Waals surface area contributed by atoms with Crippen molar-refractivity contribution in [3.63, 3.8) is 0 Å². The van der Waals surface area contributed by atoms with Gasteiger partial charge in [0.05, 0.1) is 0 Å². The van der Waals surface area contributed by atoms with Crippen molar-refractivity contribution in [3.05, 3.63) is 83.6 Å². The Labute approximate surface area is 157 Å². The van der Waals surface area contributed by atoms with E-state index < -0.39 is 23.9 Å². The standard InChI is InChI=1S/C21H20N2O4/c1-14-13-18(23-27-14)22-20(24)15(2)26-21(25)19(16-9-5-3-6-10-16)17-11-7-4-8-12-17/h3-13,15,19H,1-2H3,(H,22,23,24)/t15-/m0/s1. The normalized spacial score (nSPS) is 11.8. The van der Waals surface area contributed by atoms with Crippen LogP contribution >= 0.6 is 0 Å². The number of esters is 1. The van der Waals surface area contributed by atoms with Gasteiger partial charge in [0.15, 0.2) is 11.9 Å². The van der Waals surface area contributed by atoms with Gasteiger partial charge in [0.1, 0.15) is 11.7 Å². The molecule has 0 aliphatic carbocycles. The summed E-state index contributed by atoms with van der Waals surface area (Å²) in [6.07, 6.45) is -0.982. The van der Waals surface area contributed by atoms with Crippen LogP contribution < -0.4 is 5.32 Å². The molecule has 6 heteroatoms. The number of amides is 1. The first-order chi connectivity index (χ1) is 13.0. The van der Waals surface area contributed by atoms with Crippen LogP contribution in [0.5, 0.6) is 0 Å². The molecule has 1 atom stereocenters. The second kappa shape index (κ2) is 8.31. The largest absolute Gasteiger partial charge is 0.452 e. The zero-order valence-electron chi connectivity index (χ0n) is 15.1. The zero-order valence-corrected chi connectivity index (χ0v) is 15.1. The number of benzene rings is 2. The lowest BCUT2D eigenvalue weighted by Gasteiger charge is -2.19. The van der Waals surface area contributed by atoms with Gasteiger partial charge in [-0.25, -0.2) is 0 Å². The minimum absolute atomic E-state index is 0.281. The molecule has 3 rings (SSSR count). The predicted molar refractivity (Wildman–Crippen MR) is 100 cm³/mol. The lowest BCUT2D eigenvalue weighted by molar-refractivity contribution is -0.153.